The number of rotatable bonds is 0. The monoisotopic (exact) mass is 238 g/mol. The first-order valence-electron chi connectivity index (χ1n) is 6.87. The minimum atomic E-state index is 0.594. The Morgan fingerprint density at radius 3 is 3.00 bits per heavy atom. The van der Waals surface area contributed by atoms with Crippen molar-refractivity contribution in [3.05, 3.63) is 41.7 Å². The number of fused-ring (bicyclic) bond motifs is 5. The van der Waals surface area contributed by atoms with Crippen molar-refractivity contribution >= 4 is 17.0 Å². The lowest BCUT2D eigenvalue weighted by Crippen LogP contribution is -2.32. The minimum absolute atomic E-state index is 0.594. The summed E-state index contributed by atoms with van der Waals surface area (Å²) in [6, 6.07) is 9.35. The summed E-state index contributed by atoms with van der Waals surface area (Å²) >= 11 is 0. The van der Waals surface area contributed by atoms with Gasteiger partial charge in [0.2, 0.25) is 0 Å². The molecule has 2 aromatic rings. The van der Waals surface area contributed by atoms with Gasteiger partial charge in [0, 0.05) is 42.0 Å². The summed E-state index contributed by atoms with van der Waals surface area (Å²) < 4.78 is 2.40. The Kier molecular flexibility index (Phi) is 2.07. The smallest absolute Gasteiger partial charge is 0.0694 e. The minimum Gasteiger partial charge on any atom is -0.369 e. The molecule has 1 fully saturated rings. The first kappa shape index (κ1) is 10.2. The Hall–Kier alpha value is -1.70. The number of piperidine rings is 1. The van der Waals surface area contributed by atoms with Gasteiger partial charge in [0.25, 0.3) is 0 Å². The zero-order chi connectivity index (χ0) is 12.1. The fourth-order valence-electron chi connectivity index (χ4n) is 3.62. The average molecular weight is 238 g/mol. The van der Waals surface area contributed by atoms with Crippen LogP contribution in [0.5, 0.6) is 0 Å². The zero-order valence-electron chi connectivity index (χ0n) is 10.8. The van der Waals surface area contributed by atoms with E-state index in [1.807, 2.05) is 0 Å². The molecule has 1 aromatic heterocycles. The van der Waals surface area contributed by atoms with Crippen LogP contribution >= 0.6 is 0 Å². The average Bonchev–Trinajstić information content (AvgIpc) is 2.73. The van der Waals surface area contributed by atoms with Gasteiger partial charge in [0.1, 0.15) is 0 Å². The van der Waals surface area contributed by atoms with Gasteiger partial charge < -0.3 is 9.47 Å². The lowest BCUT2D eigenvalue weighted by Gasteiger charge is -2.38. The molecule has 2 nitrogen and oxygen atoms in total. The molecule has 1 saturated heterocycles. The lowest BCUT2D eigenvalue weighted by atomic mass is 9.94. The SMILES string of the molecule is Cn1c2c(c3ccccc31)C=CN1CCCCC21. The highest BCUT2D eigenvalue weighted by Gasteiger charge is 2.29. The summed E-state index contributed by atoms with van der Waals surface area (Å²) in [5.74, 6) is 0. The van der Waals surface area contributed by atoms with Crippen molar-refractivity contribution in [2.75, 3.05) is 6.54 Å². The van der Waals surface area contributed by atoms with E-state index in [0.29, 0.717) is 6.04 Å². The zero-order valence-corrected chi connectivity index (χ0v) is 10.8. The maximum Gasteiger partial charge on any atom is 0.0694 e. The van der Waals surface area contributed by atoms with E-state index in [-0.39, 0.29) is 0 Å². The van der Waals surface area contributed by atoms with E-state index in [4.69, 9.17) is 0 Å². The van der Waals surface area contributed by atoms with Crippen LogP contribution in [0, 0.1) is 0 Å². The van der Waals surface area contributed by atoms with Crippen molar-refractivity contribution < 1.29 is 0 Å². The number of benzene rings is 1. The second-order valence-corrected chi connectivity index (χ2v) is 5.44. The van der Waals surface area contributed by atoms with Crippen LogP contribution in [0.2, 0.25) is 0 Å². The van der Waals surface area contributed by atoms with Gasteiger partial charge in [-0.2, -0.15) is 0 Å². The summed E-state index contributed by atoms with van der Waals surface area (Å²) in [4.78, 5) is 2.52. The highest BCUT2D eigenvalue weighted by molar-refractivity contribution is 5.92. The van der Waals surface area contributed by atoms with Gasteiger partial charge in [0.15, 0.2) is 0 Å². The van der Waals surface area contributed by atoms with Gasteiger partial charge in [0.05, 0.1) is 6.04 Å². The summed E-state index contributed by atoms with van der Waals surface area (Å²) in [6.07, 6.45) is 8.59. The first-order valence-corrected chi connectivity index (χ1v) is 6.87. The Balaban J connectivity index is 2.00. The van der Waals surface area contributed by atoms with E-state index in [0.717, 1.165) is 0 Å². The molecule has 1 unspecified atom stereocenters. The molecule has 2 aliphatic rings. The molecule has 2 heteroatoms. The third-order valence-electron chi connectivity index (χ3n) is 4.49. The second kappa shape index (κ2) is 3.64. The molecule has 0 bridgehead atoms. The summed E-state index contributed by atoms with van der Waals surface area (Å²) in [5.41, 5.74) is 4.31. The molecule has 18 heavy (non-hydrogen) atoms. The van der Waals surface area contributed by atoms with Gasteiger partial charge in [-0.1, -0.05) is 18.2 Å². The van der Waals surface area contributed by atoms with Gasteiger partial charge in [-0.25, -0.2) is 0 Å². The molecule has 4 rings (SSSR count). The fourth-order valence-corrected chi connectivity index (χ4v) is 3.62. The van der Waals surface area contributed by atoms with Crippen molar-refractivity contribution in [3.8, 4) is 0 Å². The van der Waals surface area contributed by atoms with E-state index in [1.165, 1.54) is 48.0 Å². The Labute approximate surface area is 108 Å². The van der Waals surface area contributed by atoms with Crippen LogP contribution < -0.4 is 0 Å². The predicted molar refractivity (Wildman–Crippen MR) is 75.3 cm³/mol. The fraction of sp³-hybridized carbons (Fsp3) is 0.375. The van der Waals surface area contributed by atoms with Crippen LogP contribution in [0.4, 0.5) is 0 Å². The molecular formula is C16H18N2. The van der Waals surface area contributed by atoms with Gasteiger partial charge >= 0.3 is 0 Å². The van der Waals surface area contributed by atoms with E-state index in [1.54, 1.807) is 0 Å². The van der Waals surface area contributed by atoms with Crippen LogP contribution in [0.25, 0.3) is 17.0 Å². The number of hydrogen-bond acceptors (Lipinski definition) is 1. The molecule has 1 atom stereocenters. The van der Waals surface area contributed by atoms with Crippen molar-refractivity contribution in [2.45, 2.75) is 25.3 Å². The van der Waals surface area contributed by atoms with E-state index in [2.05, 4.69) is 53.1 Å². The number of nitrogens with zero attached hydrogens (tertiary/aromatic N) is 2. The van der Waals surface area contributed by atoms with E-state index < -0.39 is 0 Å². The molecule has 0 N–H and O–H groups in total. The van der Waals surface area contributed by atoms with Crippen LogP contribution in [0.15, 0.2) is 30.5 Å². The van der Waals surface area contributed by atoms with Crippen LogP contribution in [0.1, 0.15) is 36.6 Å². The molecule has 0 radical (unpaired) electrons. The van der Waals surface area contributed by atoms with Crippen molar-refractivity contribution in [2.24, 2.45) is 7.05 Å². The molecule has 0 amide bonds. The van der Waals surface area contributed by atoms with Gasteiger partial charge in [-0.3, -0.25) is 0 Å². The summed E-state index contributed by atoms with van der Waals surface area (Å²) in [7, 11) is 2.22. The molecule has 92 valence electrons. The van der Waals surface area contributed by atoms with Crippen LogP contribution in [-0.2, 0) is 7.05 Å². The van der Waals surface area contributed by atoms with E-state index in [9.17, 15) is 0 Å². The molecule has 0 spiro atoms. The van der Waals surface area contributed by atoms with Gasteiger partial charge in [-0.15, -0.1) is 0 Å². The van der Waals surface area contributed by atoms with Gasteiger partial charge in [-0.05, 0) is 31.4 Å². The molecule has 0 aliphatic carbocycles. The quantitative estimate of drug-likeness (QED) is 0.679. The lowest BCUT2D eigenvalue weighted by molar-refractivity contribution is 0.207. The number of aromatic nitrogens is 1. The highest BCUT2D eigenvalue weighted by Crippen LogP contribution is 2.40. The standard InChI is InChI=1S/C16H18N2/c1-17-14-7-3-2-6-12(14)13-9-11-18-10-5-4-8-15(18)16(13)17/h2-3,6-7,9,11,15H,4-5,8,10H2,1H3. The number of hydrogen-bond donors (Lipinski definition) is 0. The molecule has 1 aromatic carbocycles. The first-order chi connectivity index (χ1) is 8.86. The molecule has 2 aliphatic heterocycles. The Bertz CT molecular complexity index is 636. The highest BCUT2D eigenvalue weighted by atomic mass is 15.2. The summed E-state index contributed by atoms with van der Waals surface area (Å²) in [6.45, 7) is 1.21. The van der Waals surface area contributed by atoms with Crippen molar-refractivity contribution in [3.63, 3.8) is 0 Å². The summed E-state index contributed by atoms with van der Waals surface area (Å²) in [5, 5.41) is 1.40. The third-order valence-corrected chi connectivity index (χ3v) is 4.49. The van der Waals surface area contributed by atoms with Crippen LogP contribution in [-0.4, -0.2) is 16.0 Å². The molecule has 3 heterocycles. The van der Waals surface area contributed by atoms with E-state index >= 15 is 0 Å². The topological polar surface area (TPSA) is 8.17 Å². The molecular weight excluding hydrogens is 220 g/mol. The Morgan fingerprint density at radius 2 is 2.06 bits per heavy atom. The Morgan fingerprint density at radius 1 is 1.17 bits per heavy atom. The predicted octanol–water partition coefficient (Wildman–Crippen LogP) is 3.69. The molecule has 0 saturated carbocycles. The van der Waals surface area contributed by atoms with Crippen molar-refractivity contribution in [1.82, 2.24) is 9.47 Å². The third kappa shape index (κ3) is 1.23. The maximum absolute atomic E-state index is 2.52. The largest absolute Gasteiger partial charge is 0.369 e. The van der Waals surface area contributed by atoms with Crippen molar-refractivity contribution in [1.29, 1.82) is 0 Å². The normalized spacial score (nSPS) is 22.1. The van der Waals surface area contributed by atoms with Crippen LogP contribution in [0.3, 0.4) is 0 Å². The maximum atomic E-state index is 2.52. The number of aryl methyl sites for hydroxylation is 1. The second-order valence-electron chi connectivity index (χ2n) is 5.44. The number of para-hydroxylation sites is 1.